The topological polar surface area (TPSA) is 93.0 Å². The summed E-state index contributed by atoms with van der Waals surface area (Å²) in [7, 11) is 0. The first-order valence-corrected chi connectivity index (χ1v) is 10.8. The van der Waals surface area contributed by atoms with Gasteiger partial charge in [0.15, 0.2) is 0 Å². The molecule has 0 spiro atoms. The number of ether oxygens (including phenoxy) is 1. The van der Waals surface area contributed by atoms with Crippen LogP contribution in [-0.2, 0) is 16.1 Å². The van der Waals surface area contributed by atoms with Gasteiger partial charge in [0.2, 0.25) is 5.91 Å². The molecule has 0 radical (unpaired) electrons. The van der Waals surface area contributed by atoms with Crippen LogP contribution in [0.25, 0.3) is 5.65 Å². The van der Waals surface area contributed by atoms with Crippen molar-refractivity contribution >= 4 is 33.6 Å². The second-order valence-electron chi connectivity index (χ2n) is 8.55. The maximum atomic E-state index is 13.1. The van der Waals surface area contributed by atoms with Gasteiger partial charge in [0, 0.05) is 29.7 Å². The van der Waals surface area contributed by atoms with Crippen LogP contribution in [0.4, 0.5) is 4.79 Å². The summed E-state index contributed by atoms with van der Waals surface area (Å²) in [6.45, 7) is 7.62. The molecule has 1 fully saturated rings. The summed E-state index contributed by atoms with van der Waals surface area (Å²) in [5, 5.41) is 2.91. The lowest BCUT2D eigenvalue weighted by atomic mass is 10.1. The van der Waals surface area contributed by atoms with Gasteiger partial charge in [-0.3, -0.25) is 14.0 Å². The molecule has 1 aliphatic rings. The number of carbonyl (C=O) groups is 2. The molecule has 162 valence electrons. The average molecular weight is 479 g/mol. The van der Waals surface area contributed by atoms with Crippen molar-refractivity contribution in [3.05, 3.63) is 44.4 Å². The second-order valence-corrected chi connectivity index (χ2v) is 9.46. The van der Waals surface area contributed by atoms with Crippen molar-refractivity contribution in [2.24, 2.45) is 0 Å². The van der Waals surface area contributed by atoms with Crippen LogP contribution in [0.1, 0.15) is 51.3 Å². The first-order chi connectivity index (χ1) is 14.0. The van der Waals surface area contributed by atoms with Gasteiger partial charge < -0.3 is 15.0 Å². The highest BCUT2D eigenvalue weighted by atomic mass is 79.9. The van der Waals surface area contributed by atoms with E-state index in [0.29, 0.717) is 36.3 Å². The van der Waals surface area contributed by atoms with Crippen LogP contribution in [-0.4, -0.2) is 44.5 Å². The van der Waals surface area contributed by atoms with Crippen LogP contribution in [0, 0.1) is 6.92 Å². The molecule has 3 heterocycles. The summed E-state index contributed by atoms with van der Waals surface area (Å²) in [5.74, 6) is 0.0304. The zero-order valence-corrected chi connectivity index (χ0v) is 19.3. The van der Waals surface area contributed by atoms with E-state index in [-0.39, 0.29) is 24.1 Å². The van der Waals surface area contributed by atoms with Gasteiger partial charge >= 0.3 is 6.09 Å². The fraction of sp³-hybridized carbons (Fsp3) is 0.524. The summed E-state index contributed by atoms with van der Waals surface area (Å²) in [5.41, 5.74) is 0.673. The molecule has 8 nitrogen and oxygen atoms in total. The van der Waals surface area contributed by atoms with Gasteiger partial charge in [0.1, 0.15) is 11.2 Å². The number of nitrogens with zero attached hydrogens (tertiary/aromatic N) is 3. The molecule has 9 heteroatoms. The summed E-state index contributed by atoms with van der Waals surface area (Å²) >= 11 is 3.39. The summed E-state index contributed by atoms with van der Waals surface area (Å²) in [4.78, 5) is 43.4. The first kappa shape index (κ1) is 22.3. The summed E-state index contributed by atoms with van der Waals surface area (Å²) < 4.78 is 7.85. The van der Waals surface area contributed by atoms with E-state index in [1.165, 1.54) is 9.30 Å². The number of carbonyl (C=O) groups excluding carboxylic acids is 2. The van der Waals surface area contributed by atoms with Crippen LogP contribution in [0.5, 0.6) is 0 Å². The molecule has 3 rings (SSSR count). The molecule has 0 aliphatic carbocycles. The summed E-state index contributed by atoms with van der Waals surface area (Å²) in [6, 6.07) is 3.56. The maximum Gasteiger partial charge on any atom is 0.410 e. The third-order valence-corrected chi connectivity index (χ3v) is 5.42. The highest BCUT2D eigenvalue weighted by Gasteiger charge is 2.27. The second kappa shape index (κ2) is 8.75. The van der Waals surface area contributed by atoms with Gasteiger partial charge in [-0.05, 0) is 52.7 Å². The normalized spacial score (nSPS) is 16.6. The molecule has 0 unspecified atom stereocenters. The van der Waals surface area contributed by atoms with Gasteiger partial charge in [0.05, 0.1) is 17.8 Å². The van der Waals surface area contributed by atoms with Crippen molar-refractivity contribution in [1.29, 1.82) is 0 Å². The van der Waals surface area contributed by atoms with Crippen molar-refractivity contribution in [3.63, 3.8) is 0 Å². The Kier molecular flexibility index (Phi) is 6.50. The maximum absolute atomic E-state index is 13.1. The van der Waals surface area contributed by atoms with E-state index < -0.39 is 11.7 Å². The molecule has 1 aliphatic heterocycles. The van der Waals surface area contributed by atoms with Crippen molar-refractivity contribution in [2.75, 3.05) is 6.54 Å². The number of amides is 2. The van der Waals surface area contributed by atoms with E-state index in [1.54, 1.807) is 46.0 Å². The molecule has 2 amide bonds. The zero-order chi connectivity index (χ0) is 22.1. The quantitative estimate of drug-likeness (QED) is 0.711. The Bertz CT molecular complexity index is 1030. The fourth-order valence-electron chi connectivity index (χ4n) is 3.40. The molecule has 0 saturated carbocycles. The number of rotatable bonds is 5. The number of aryl methyl sites for hydroxylation is 1. The molecule has 2 aromatic heterocycles. The van der Waals surface area contributed by atoms with Crippen LogP contribution in [0.2, 0.25) is 0 Å². The molecule has 1 N–H and O–H groups in total. The third-order valence-electron chi connectivity index (χ3n) is 4.93. The predicted molar refractivity (Wildman–Crippen MR) is 116 cm³/mol. The lowest BCUT2D eigenvalue weighted by Crippen LogP contribution is -2.40. The van der Waals surface area contributed by atoms with Crippen LogP contribution in [0.15, 0.2) is 27.6 Å². The van der Waals surface area contributed by atoms with Gasteiger partial charge in [0.25, 0.3) is 5.56 Å². The first-order valence-electron chi connectivity index (χ1n) is 9.98. The molecule has 2 aromatic rings. The number of hydrogen-bond donors (Lipinski definition) is 1. The van der Waals surface area contributed by atoms with Crippen molar-refractivity contribution < 1.29 is 14.3 Å². The highest BCUT2D eigenvalue weighted by molar-refractivity contribution is 9.10. The van der Waals surface area contributed by atoms with Crippen molar-refractivity contribution in [3.8, 4) is 0 Å². The minimum absolute atomic E-state index is 0.0247. The number of pyridine rings is 1. The van der Waals surface area contributed by atoms with Gasteiger partial charge in [-0.2, -0.15) is 0 Å². The molecular formula is C21H27BrN4O4. The highest BCUT2D eigenvalue weighted by Crippen LogP contribution is 2.17. The Morgan fingerprint density at radius 2 is 2.13 bits per heavy atom. The van der Waals surface area contributed by atoms with Crippen molar-refractivity contribution in [1.82, 2.24) is 19.6 Å². The van der Waals surface area contributed by atoms with E-state index in [1.807, 2.05) is 0 Å². The Morgan fingerprint density at radius 3 is 2.77 bits per heavy atom. The number of hydrogen-bond acceptors (Lipinski definition) is 5. The summed E-state index contributed by atoms with van der Waals surface area (Å²) in [6.07, 6.45) is 3.01. The van der Waals surface area contributed by atoms with E-state index >= 15 is 0 Å². The standard InChI is InChI=1S/C21H27BrN4O4/c1-13-16(19(28)26-10-7-14(22)11-17(26)23-13)12-25(20(29)30-21(2,3)4)9-8-15-5-6-18(27)24-15/h7,10-11,15H,5-6,8-9,12H2,1-4H3,(H,24,27)/t15-/m0/s1. The minimum atomic E-state index is -0.658. The predicted octanol–water partition coefficient (Wildman–Crippen LogP) is 3.17. The lowest BCUT2D eigenvalue weighted by Gasteiger charge is -2.28. The van der Waals surface area contributed by atoms with Crippen LogP contribution in [0.3, 0.4) is 0 Å². The Hall–Kier alpha value is -2.42. The van der Waals surface area contributed by atoms with Crippen molar-refractivity contribution in [2.45, 2.75) is 65.1 Å². The van der Waals surface area contributed by atoms with E-state index in [2.05, 4.69) is 26.2 Å². The molecular weight excluding hydrogens is 452 g/mol. The van der Waals surface area contributed by atoms with E-state index in [4.69, 9.17) is 4.74 Å². The molecule has 1 saturated heterocycles. The molecule has 0 aromatic carbocycles. The Morgan fingerprint density at radius 1 is 1.40 bits per heavy atom. The molecule has 30 heavy (non-hydrogen) atoms. The fourth-order valence-corrected chi connectivity index (χ4v) is 3.72. The lowest BCUT2D eigenvalue weighted by molar-refractivity contribution is -0.119. The number of nitrogens with one attached hydrogen (secondary N) is 1. The van der Waals surface area contributed by atoms with Gasteiger partial charge in [-0.25, -0.2) is 9.78 Å². The SMILES string of the molecule is Cc1nc2cc(Br)ccn2c(=O)c1CN(CC[C@@H]1CCC(=O)N1)C(=O)OC(C)(C)C. The van der Waals surface area contributed by atoms with E-state index in [0.717, 1.165) is 10.9 Å². The number of halogens is 1. The van der Waals surface area contributed by atoms with Gasteiger partial charge in [-0.15, -0.1) is 0 Å². The van der Waals surface area contributed by atoms with E-state index in [9.17, 15) is 14.4 Å². The smallest absolute Gasteiger partial charge is 0.410 e. The average Bonchev–Trinajstić information content (AvgIpc) is 3.04. The number of aromatic nitrogens is 2. The van der Waals surface area contributed by atoms with Crippen LogP contribution >= 0.6 is 15.9 Å². The zero-order valence-electron chi connectivity index (χ0n) is 17.7. The molecule has 0 bridgehead atoms. The number of fused-ring (bicyclic) bond motifs is 1. The Balaban J connectivity index is 1.87. The minimum Gasteiger partial charge on any atom is -0.444 e. The molecule has 1 atom stereocenters. The van der Waals surface area contributed by atoms with Gasteiger partial charge in [-0.1, -0.05) is 15.9 Å². The monoisotopic (exact) mass is 478 g/mol. The Labute approximate surface area is 183 Å². The largest absolute Gasteiger partial charge is 0.444 e. The van der Waals surface area contributed by atoms with Crippen LogP contribution < -0.4 is 10.9 Å². The third kappa shape index (κ3) is 5.38.